The van der Waals surface area contributed by atoms with E-state index in [1.165, 1.54) is 42.6 Å². The quantitative estimate of drug-likeness (QED) is 0.329. The molecular formula is C23H15BrF5NO5. The Morgan fingerprint density at radius 3 is 2.14 bits per heavy atom. The van der Waals surface area contributed by atoms with E-state index in [0.29, 0.717) is 4.47 Å². The molecule has 12 heteroatoms. The lowest BCUT2D eigenvalue weighted by Crippen LogP contribution is -2.27. The summed E-state index contributed by atoms with van der Waals surface area (Å²) in [5, 5.41) is 0. The van der Waals surface area contributed by atoms with Crippen molar-refractivity contribution >= 4 is 33.6 Å². The van der Waals surface area contributed by atoms with Crippen molar-refractivity contribution in [1.29, 1.82) is 0 Å². The number of hydrogen-bond donors (Lipinski definition) is 0. The first-order valence-electron chi connectivity index (χ1n) is 9.56. The molecule has 1 heterocycles. The third kappa shape index (κ3) is 5.53. The smallest absolute Gasteiger partial charge is 0.416 e. The van der Waals surface area contributed by atoms with Crippen molar-refractivity contribution in [3.63, 3.8) is 0 Å². The lowest BCUT2D eigenvalue weighted by Gasteiger charge is -2.25. The van der Waals surface area contributed by atoms with E-state index in [-0.39, 0.29) is 34.8 Å². The third-order valence-corrected chi connectivity index (χ3v) is 5.10. The normalized spacial score (nSPS) is 13.5. The topological polar surface area (TPSA) is 65.1 Å². The van der Waals surface area contributed by atoms with Gasteiger partial charge >= 0.3 is 18.1 Å². The molecule has 0 saturated heterocycles. The summed E-state index contributed by atoms with van der Waals surface area (Å²) in [6.45, 7) is 0. The number of halogens is 6. The maximum Gasteiger partial charge on any atom is 0.416 e. The molecular weight excluding hydrogens is 545 g/mol. The highest BCUT2D eigenvalue weighted by atomic mass is 79.9. The molecule has 0 aromatic heterocycles. The minimum Gasteiger partial charge on any atom is -0.465 e. The highest BCUT2D eigenvalue weighted by molar-refractivity contribution is 9.10. The first-order chi connectivity index (χ1) is 16.5. The van der Waals surface area contributed by atoms with E-state index < -0.39 is 41.1 Å². The molecule has 0 aliphatic carbocycles. The van der Waals surface area contributed by atoms with Crippen molar-refractivity contribution in [2.45, 2.75) is 6.18 Å². The summed E-state index contributed by atoms with van der Waals surface area (Å²) < 4.78 is 82.9. The molecule has 0 saturated carbocycles. The third-order valence-electron chi connectivity index (χ3n) is 4.61. The first-order valence-corrected chi connectivity index (χ1v) is 10.4. The number of alkyl halides is 3. The van der Waals surface area contributed by atoms with Crippen LogP contribution in [0.25, 0.3) is 0 Å². The van der Waals surface area contributed by atoms with Crippen LogP contribution in [0.2, 0.25) is 0 Å². The monoisotopic (exact) mass is 559 g/mol. The highest BCUT2D eigenvalue weighted by Gasteiger charge is 2.34. The fourth-order valence-corrected chi connectivity index (χ4v) is 3.39. The molecule has 0 amide bonds. The maximum absolute atomic E-state index is 14.5. The number of rotatable bonds is 5. The van der Waals surface area contributed by atoms with E-state index in [1.807, 2.05) is 0 Å². The lowest BCUT2D eigenvalue weighted by atomic mass is 10.1. The number of ether oxygens (including phenoxy) is 3. The number of carbonyl (C=O) groups excluding carboxylic acids is 2. The number of hydrogen-bond acceptors (Lipinski definition) is 6. The van der Waals surface area contributed by atoms with E-state index in [9.17, 15) is 31.5 Å². The molecule has 0 radical (unpaired) electrons. The number of esters is 2. The van der Waals surface area contributed by atoms with Crippen LogP contribution in [0.3, 0.4) is 0 Å². The Kier molecular flexibility index (Phi) is 7.64. The van der Waals surface area contributed by atoms with Gasteiger partial charge in [-0.25, -0.2) is 18.4 Å². The van der Waals surface area contributed by atoms with E-state index in [4.69, 9.17) is 14.2 Å². The summed E-state index contributed by atoms with van der Waals surface area (Å²) in [5.41, 5.74) is -2.06. The van der Waals surface area contributed by atoms with Crippen molar-refractivity contribution in [3.05, 3.63) is 87.7 Å². The average Bonchev–Trinajstić information content (AvgIpc) is 3.02. The summed E-state index contributed by atoms with van der Waals surface area (Å²) >= 11 is 3.18. The molecule has 0 unspecified atom stereocenters. The second kappa shape index (κ2) is 10.3. The van der Waals surface area contributed by atoms with E-state index >= 15 is 0 Å². The van der Waals surface area contributed by atoms with Gasteiger partial charge in [0.1, 0.15) is 5.70 Å². The standard InChI is InChI=1S/C23H15BrF5NO5/c1-33-21(31)14-5-3-4-8-30(19(14)22(32)34-2)17-7-6-13(24)11-18(17)35-20-15(25)9-12(10-16(20)26)23(27,28)29/h3-11H,1-2H3. The number of nitrogens with zero attached hydrogens (tertiary/aromatic N) is 1. The summed E-state index contributed by atoms with van der Waals surface area (Å²) in [6, 6.07) is 4.35. The predicted octanol–water partition coefficient (Wildman–Crippen LogP) is 6.03. The van der Waals surface area contributed by atoms with Gasteiger partial charge in [-0.3, -0.25) is 0 Å². The van der Waals surface area contributed by atoms with Gasteiger partial charge in [0.05, 0.1) is 31.0 Å². The number of anilines is 1. The van der Waals surface area contributed by atoms with Gasteiger partial charge in [0.15, 0.2) is 23.1 Å². The zero-order valence-electron chi connectivity index (χ0n) is 18.0. The van der Waals surface area contributed by atoms with E-state index in [0.717, 1.165) is 19.1 Å². The van der Waals surface area contributed by atoms with Crippen molar-refractivity contribution < 1.29 is 45.8 Å². The molecule has 0 atom stereocenters. The zero-order chi connectivity index (χ0) is 25.9. The summed E-state index contributed by atoms with van der Waals surface area (Å²) in [5.74, 6) is -6.41. The van der Waals surface area contributed by atoms with Gasteiger partial charge in [-0.15, -0.1) is 0 Å². The molecule has 3 rings (SSSR count). The van der Waals surface area contributed by atoms with Gasteiger partial charge in [0.2, 0.25) is 0 Å². The molecule has 2 aromatic carbocycles. The van der Waals surface area contributed by atoms with Crippen molar-refractivity contribution in [2.75, 3.05) is 19.1 Å². The Labute approximate surface area is 204 Å². The Hall–Kier alpha value is -3.67. The fraction of sp³-hybridized carbons (Fsp3) is 0.130. The van der Waals surface area contributed by atoms with Crippen LogP contribution in [-0.4, -0.2) is 26.2 Å². The first kappa shape index (κ1) is 25.9. The minimum atomic E-state index is -4.98. The lowest BCUT2D eigenvalue weighted by molar-refractivity contribution is -0.139. The maximum atomic E-state index is 14.5. The van der Waals surface area contributed by atoms with Crippen LogP contribution in [0.4, 0.5) is 27.6 Å². The van der Waals surface area contributed by atoms with Crippen LogP contribution in [0.1, 0.15) is 5.56 Å². The largest absolute Gasteiger partial charge is 0.465 e. The molecule has 184 valence electrons. The summed E-state index contributed by atoms with van der Waals surface area (Å²) in [7, 11) is 2.18. The Morgan fingerprint density at radius 1 is 0.943 bits per heavy atom. The van der Waals surface area contributed by atoms with E-state index in [1.54, 1.807) is 0 Å². The molecule has 0 fully saturated rings. The minimum absolute atomic E-state index is 0.00588. The number of carbonyl (C=O) groups is 2. The molecule has 0 N–H and O–H groups in total. The Bertz CT molecular complexity index is 1250. The molecule has 35 heavy (non-hydrogen) atoms. The van der Waals surface area contributed by atoms with Crippen LogP contribution in [0, 0.1) is 11.6 Å². The van der Waals surface area contributed by atoms with Gasteiger partial charge in [-0.1, -0.05) is 22.0 Å². The second-order valence-electron chi connectivity index (χ2n) is 6.80. The number of benzene rings is 2. The Balaban J connectivity index is 2.19. The van der Waals surface area contributed by atoms with Gasteiger partial charge in [-0.05, 0) is 42.5 Å². The number of methoxy groups -OCH3 is 2. The van der Waals surface area contributed by atoms with Crippen LogP contribution < -0.4 is 9.64 Å². The summed E-state index contributed by atoms with van der Waals surface area (Å²) in [6.07, 6.45) is 0.542. The molecule has 1 aliphatic heterocycles. The van der Waals surface area contributed by atoms with Crippen molar-refractivity contribution in [1.82, 2.24) is 0 Å². The highest BCUT2D eigenvalue weighted by Crippen LogP contribution is 2.41. The van der Waals surface area contributed by atoms with Crippen LogP contribution in [0.15, 0.2) is 70.5 Å². The molecule has 1 aliphatic rings. The van der Waals surface area contributed by atoms with Crippen molar-refractivity contribution in [3.8, 4) is 11.5 Å². The Morgan fingerprint density at radius 2 is 1.57 bits per heavy atom. The summed E-state index contributed by atoms with van der Waals surface area (Å²) in [4.78, 5) is 26.1. The predicted molar refractivity (Wildman–Crippen MR) is 117 cm³/mol. The SMILES string of the molecule is COC(=O)C1=C(C(=O)OC)N(c2ccc(Br)cc2Oc2c(F)cc(C(F)(F)F)cc2F)C=CC=C1. The molecule has 0 bridgehead atoms. The fourth-order valence-electron chi connectivity index (χ4n) is 3.05. The molecule has 6 nitrogen and oxygen atoms in total. The zero-order valence-corrected chi connectivity index (χ0v) is 19.5. The van der Waals surface area contributed by atoms with Gasteiger partial charge in [-0.2, -0.15) is 13.2 Å². The number of allylic oxidation sites excluding steroid dienone is 2. The molecule has 0 spiro atoms. The van der Waals surface area contributed by atoms with Crippen molar-refractivity contribution in [2.24, 2.45) is 0 Å². The second-order valence-corrected chi connectivity index (χ2v) is 7.71. The van der Waals surface area contributed by atoms with Gasteiger partial charge in [0, 0.05) is 10.7 Å². The van der Waals surface area contributed by atoms with Gasteiger partial charge < -0.3 is 19.1 Å². The average molecular weight is 560 g/mol. The molecule has 2 aromatic rings. The van der Waals surface area contributed by atoms with Gasteiger partial charge in [0.25, 0.3) is 0 Å². The van der Waals surface area contributed by atoms with Crippen LogP contribution >= 0.6 is 15.9 Å². The van der Waals surface area contributed by atoms with Crippen LogP contribution in [-0.2, 0) is 25.2 Å². The van der Waals surface area contributed by atoms with E-state index in [2.05, 4.69) is 15.9 Å². The van der Waals surface area contributed by atoms with Crippen LogP contribution in [0.5, 0.6) is 11.5 Å².